The Kier molecular flexibility index (Phi) is 7.41. The second-order valence-corrected chi connectivity index (χ2v) is 5.35. The average Bonchev–Trinajstić information content (AvgIpc) is 2.45. The van der Waals surface area contributed by atoms with Gasteiger partial charge >= 0.3 is 5.97 Å². The van der Waals surface area contributed by atoms with Crippen molar-refractivity contribution >= 4 is 24.3 Å². The molecular formula is C15H20ClFN2O4. The van der Waals surface area contributed by atoms with Crippen LogP contribution in [-0.2, 0) is 14.3 Å². The van der Waals surface area contributed by atoms with Crippen LogP contribution >= 0.6 is 12.4 Å². The van der Waals surface area contributed by atoms with Gasteiger partial charge in [0.2, 0.25) is 5.91 Å². The third-order valence-corrected chi connectivity index (χ3v) is 3.38. The van der Waals surface area contributed by atoms with Crippen molar-refractivity contribution in [3.05, 3.63) is 35.6 Å². The summed E-state index contributed by atoms with van der Waals surface area (Å²) in [6.45, 7) is 2.70. The Hall–Kier alpha value is -1.70. The van der Waals surface area contributed by atoms with Crippen LogP contribution in [0.5, 0.6) is 0 Å². The van der Waals surface area contributed by atoms with Gasteiger partial charge in [0.1, 0.15) is 12.4 Å². The maximum Gasteiger partial charge on any atom is 0.322 e. The number of halogens is 2. The van der Waals surface area contributed by atoms with Crippen LogP contribution in [0.4, 0.5) is 4.39 Å². The Labute approximate surface area is 140 Å². The maximum atomic E-state index is 13.0. The molecule has 2 atom stereocenters. The molecular weight excluding hydrogens is 327 g/mol. The van der Waals surface area contributed by atoms with Gasteiger partial charge in [-0.05, 0) is 24.6 Å². The molecule has 1 fully saturated rings. The number of benzene rings is 1. The van der Waals surface area contributed by atoms with Crippen molar-refractivity contribution in [3.8, 4) is 0 Å². The van der Waals surface area contributed by atoms with E-state index in [1.807, 2.05) is 11.8 Å². The van der Waals surface area contributed by atoms with Crippen LogP contribution in [0.25, 0.3) is 0 Å². The number of carboxylic acid groups (broad SMARTS) is 1. The van der Waals surface area contributed by atoms with Crippen molar-refractivity contribution in [2.75, 3.05) is 26.2 Å². The minimum atomic E-state index is -1.08. The molecule has 1 aromatic carbocycles. The van der Waals surface area contributed by atoms with Gasteiger partial charge in [-0.15, -0.1) is 12.4 Å². The molecule has 2 unspecified atom stereocenters. The largest absolute Gasteiger partial charge is 0.480 e. The second kappa shape index (κ2) is 8.81. The predicted octanol–water partition coefficient (Wildman–Crippen LogP) is 1.21. The number of carboxylic acids is 1. The highest BCUT2D eigenvalue weighted by atomic mass is 35.5. The van der Waals surface area contributed by atoms with E-state index in [1.54, 1.807) is 12.1 Å². The molecule has 1 saturated heterocycles. The molecule has 8 heteroatoms. The monoisotopic (exact) mass is 346 g/mol. The molecule has 1 aromatic rings. The number of hydrogen-bond donors (Lipinski definition) is 2. The van der Waals surface area contributed by atoms with Gasteiger partial charge in [-0.1, -0.05) is 12.1 Å². The smallest absolute Gasteiger partial charge is 0.322 e. The van der Waals surface area contributed by atoms with E-state index in [0.29, 0.717) is 13.1 Å². The number of morpholine rings is 1. The van der Waals surface area contributed by atoms with Crippen LogP contribution < -0.4 is 5.32 Å². The molecule has 0 bridgehead atoms. The Balaban J connectivity index is 0.00000264. The zero-order valence-corrected chi connectivity index (χ0v) is 13.5. The highest BCUT2D eigenvalue weighted by molar-refractivity contribution is 5.85. The van der Waals surface area contributed by atoms with Crippen molar-refractivity contribution < 1.29 is 23.8 Å². The van der Waals surface area contributed by atoms with Gasteiger partial charge in [0, 0.05) is 13.1 Å². The van der Waals surface area contributed by atoms with Gasteiger partial charge < -0.3 is 15.2 Å². The molecule has 128 valence electrons. The molecule has 0 radical (unpaired) electrons. The van der Waals surface area contributed by atoms with E-state index < -0.39 is 5.97 Å². The van der Waals surface area contributed by atoms with Crippen molar-refractivity contribution in [2.24, 2.45) is 0 Å². The molecule has 1 heterocycles. The van der Waals surface area contributed by atoms with Crippen molar-refractivity contribution in [3.63, 3.8) is 0 Å². The normalized spacial score (nSPS) is 21.3. The predicted molar refractivity (Wildman–Crippen MR) is 84.0 cm³/mol. The molecule has 1 aliphatic heterocycles. The quantitative estimate of drug-likeness (QED) is 0.838. The molecule has 23 heavy (non-hydrogen) atoms. The lowest BCUT2D eigenvalue weighted by molar-refractivity contribution is -0.138. The first-order valence-corrected chi connectivity index (χ1v) is 7.06. The first-order chi connectivity index (χ1) is 10.4. The third kappa shape index (κ3) is 6.13. The van der Waals surface area contributed by atoms with Gasteiger partial charge in [0.25, 0.3) is 0 Å². The summed E-state index contributed by atoms with van der Waals surface area (Å²) in [5.74, 6) is -1.72. The first-order valence-electron chi connectivity index (χ1n) is 7.06. The van der Waals surface area contributed by atoms with Gasteiger partial charge in [-0.2, -0.15) is 0 Å². The minimum absolute atomic E-state index is 0. The molecule has 1 amide bonds. The van der Waals surface area contributed by atoms with E-state index >= 15 is 0 Å². The fourth-order valence-corrected chi connectivity index (χ4v) is 2.46. The van der Waals surface area contributed by atoms with Crippen LogP contribution in [0, 0.1) is 5.82 Å². The fourth-order valence-electron chi connectivity index (χ4n) is 2.46. The number of rotatable bonds is 5. The number of nitrogens with one attached hydrogen (secondary N) is 1. The summed E-state index contributed by atoms with van der Waals surface area (Å²) in [5, 5.41) is 10.9. The van der Waals surface area contributed by atoms with Crippen LogP contribution in [0.3, 0.4) is 0 Å². The molecule has 1 aliphatic rings. The number of carbonyl (C=O) groups excluding carboxylic acids is 1. The van der Waals surface area contributed by atoms with E-state index in [4.69, 9.17) is 9.84 Å². The summed E-state index contributed by atoms with van der Waals surface area (Å²) in [6.07, 6.45) is -0.312. The molecule has 0 aliphatic carbocycles. The van der Waals surface area contributed by atoms with E-state index in [-0.39, 0.29) is 49.4 Å². The van der Waals surface area contributed by atoms with Crippen LogP contribution in [0.2, 0.25) is 0 Å². The van der Waals surface area contributed by atoms with Gasteiger partial charge in [-0.25, -0.2) is 4.39 Å². The summed E-state index contributed by atoms with van der Waals surface area (Å²) < 4.78 is 18.8. The number of aliphatic carboxylic acids is 1. The second-order valence-electron chi connectivity index (χ2n) is 5.35. The average molecular weight is 347 g/mol. The SMILES string of the molecule is CC1CN(CC(=O)NCC(=O)O)CC(c2ccc(F)cc2)O1.Cl. The van der Waals surface area contributed by atoms with E-state index in [9.17, 15) is 14.0 Å². The molecule has 0 spiro atoms. The number of amides is 1. The number of hydrogen-bond acceptors (Lipinski definition) is 4. The lowest BCUT2D eigenvalue weighted by atomic mass is 10.1. The van der Waals surface area contributed by atoms with Crippen LogP contribution in [0.1, 0.15) is 18.6 Å². The highest BCUT2D eigenvalue weighted by Crippen LogP contribution is 2.25. The summed E-state index contributed by atoms with van der Waals surface area (Å²) in [7, 11) is 0. The van der Waals surface area contributed by atoms with Gasteiger partial charge in [0.05, 0.1) is 18.8 Å². The van der Waals surface area contributed by atoms with Gasteiger partial charge in [-0.3, -0.25) is 14.5 Å². The summed E-state index contributed by atoms with van der Waals surface area (Å²) in [4.78, 5) is 24.0. The molecule has 0 saturated carbocycles. The van der Waals surface area contributed by atoms with Crippen molar-refractivity contribution in [1.82, 2.24) is 10.2 Å². The number of ether oxygens (including phenoxy) is 1. The Morgan fingerprint density at radius 1 is 1.35 bits per heavy atom. The third-order valence-electron chi connectivity index (χ3n) is 3.38. The van der Waals surface area contributed by atoms with E-state index in [1.165, 1.54) is 12.1 Å². The van der Waals surface area contributed by atoms with Crippen molar-refractivity contribution in [2.45, 2.75) is 19.1 Å². The summed E-state index contributed by atoms with van der Waals surface area (Å²) in [6, 6.07) is 6.09. The van der Waals surface area contributed by atoms with Crippen molar-refractivity contribution in [1.29, 1.82) is 0 Å². The topological polar surface area (TPSA) is 78.9 Å². The maximum absolute atomic E-state index is 13.0. The summed E-state index contributed by atoms with van der Waals surface area (Å²) >= 11 is 0. The zero-order valence-electron chi connectivity index (χ0n) is 12.7. The first kappa shape index (κ1) is 19.3. The Bertz CT molecular complexity index is 541. The molecule has 2 rings (SSSR count). The molecule has 2 N–H and O–H groups in total. The molecule has 0 aromatic heterocycles. The fraction of sp³-hybridized carbons (Fsp3) is 0.467. The van der Waals surface area contributed by atoms with Crippen LogP contribution in [0.15, 0.2) is 24.3 Å². The molecule has 6 nitrogen and oxygen atoms in total. The van der Waals surface area contributed by atoms with Gasteiger partial charge in [0.15, 0.2) is 0 Å². The Morgan fingerprint density at radius 3 is 2.61 bits per heavy atom. The lowest BCUT2D eigenvalue weighted by Gasteiger charge is -2.36. The number of nitrogens with zero attached hydrogens (tertiary/aromatic N) is 1. The number of carbonyl (C=O) groups is 2. The van der Waals surface area contributed by atoms with Crippen LogP contribution in [-0.4, -0.2) is 54.2 Å². The standard InChI is InChI=1S/C15H19FN2O4.ClH/c1-10-7-18(9-14(19)17-6-15(20)21)8-13(22-10)11-2-4-12(16)5-3-11;/h2-5,10,13H,6-9H2,1H3,(H,17,19)(H,20,21);1H. The van der Waals surface area contributed by atoms with E-state index in [0.717, 1.165) is 5.56 Å². The van der Waals surface area contributed by atoms with E-state index in [2.05, 4.69) is 5.32 Å². The summed E-state index contributed by atoms with van der Waals surface area (Å²) in [5.41, 5.74) is 0.851. The Morgan fingerprint density at radius 2 is 2.00 bits per heavy atom. The zero-order chi connectivity index (χ0) is 16.1. The minimum Gasteiger partial charge on any atom is -0.480 e. The lowest BCUT2D eigenvalue weighted by Crippen LogP contribution is -2.47. The highest BCUT2D eigenvalue weighted by Gasteiger charge is 2.27.